The Morgan fingerprint density at radius 3 is 2.47 bits per heavy atom. The highest BCUT2D eigenvalue weighted by molar-refractivity contribution is 6.32. The molecule has 1 saturated carbocycles. The summed E-state index contributed by atoms with van der Waals surface area (Å²) in [5.41, 5.74) is 3.03. The van der Waals surface area contributed by atoms with Gasteiger partial charge in [0.2, 0.25) is 0 Å². The molecule has 2 heterocycles. The van der Waals surface area contributed by atoms with Crippen molar-refractivity contribution < 1.29 is 14.3 Å². The molecule has 1 aromatic heterocycles. The van der Waals surface area contributed by atoms with Crippen molar-refractivity contribution in [2.24, 2.45) is 0 Å². The van der Waals surface area contributed by atoms with E-state index in [2.05, 4.69) is 56.9 Å². The number of ether oxygens (including phenoxy) is 2. The Balaban J connectivity index is 1.38. The molecule has 2 aliphatic rings. The summed E-state index contributed by atoms with van der Waals surface area (Å²) in [5, 5.41) is 6.49. The Morgan fingerprint density at radius 2 is 1.76 bits per heavy atom. The lowest BCUT2D eigenvalue weighted by molar-refractivity contribution is 0.131. The Kier molecular flexibility index (Phi) is 7.98. The first-order chi connectivity index (χ1) is 18.4. The predicted molar refractivity (Wildman–Crippen MR) is 151 cm³/mol. The minimum absolute atomic E-state index is 0.0254. The van der Waals surface area contributed by atoms with E-state index in [0.717, 1.165) is 50.3 Å². The van der Waals surface area contributed by atoms with Gasteiger partial charge in [0.25, 0.3) is 0 Å². The summed E-state index contributed by atoms with van der Waals surface area (Å²) >= 11 is 12.0. The number of methoxy groups -OCH3 is 2. The van der Waals surface area contributed by atoms with Crippen LogP contribution in [-0.2, 0) is 12.0 Å². The number of amides is 2. The second kappa shape index (κ2) is 11.4. The molecule has 2 aromatic carbocycles. The van der Waals surface area contributed by atoms with Gasteiger partial charge in [-0.15, -0.1) is 0 Å². The maximum atomic E-state index is 12.9. The van der Waals surface area contributed by atoms with Crippen molar-refractivity contribution in [3.63, 3.8) is 0 Å². The number of fused-ring (bicyclic) bond motifs is 1. The van der Waals surface area contributed by atoms with Crippen LogP contribution in [0.4, 0.5) is 10.5 Å². The lowest BCUT2D eigenvalue weighted by Gasteiger charge is -2.45. The number of carbonyl (C=O) groups is 1. The van der Waals surface area contributed by atoms with Gasteiger partial charge in [0.05, 0.1) is 14.2 Å². The maximum Gasteiger partial charge on any atom is 0.319 e. The highest BCUT2D eigenvalue weighted by atomic mass is 35.5. The summed E-state index contributed by atoms with van der Waals surface area (Å²) in [6.07, 6.45) is 3.71. The number of aromatic nitrogens is 1. The zero-order chi connectivity index (χ0) is 26.7. The number of pyridine rings is 1. The fourth-order valence-corrected chi connectivity index (χ4v) is 6.62. The third-order valence-electron chi connectivity index (χ3n) is 7.91. The van der Waals surface area contributed by atoms with Crippen molar-refractivity contribution in [3.8, 4) is 11.5 Å². The normalized spacial score (nSPS) is 22.9. The second-order valence-corrected chi connectivity index (χ2v) is 10.8. The minimum Gasteiger partial charge on any atom is -0.493 e. The SMILES string of the molecule is COc1ccc([C@@]23CC[C@H](NC(=O)Nc4cc(Cl)nc(Cl)c4)C[C@H]2N(Cc2ccccc2)CC3)cc1OC. The fraction of sp³-hybridized carbons (Fsp3) is 0.379. The molecule has 1 saturated heterocycles. The van der Waals surface area contributed by atoms with Gasteiger partial charge < -0.3 is 20.1 Å². The predicted octanol–water partition coefficient (Wildman–Crippen LogP) is 6.29. The zero-order valence-corrected chi connectivity index (χ0v) is 23.1. The van der Waals surface area contributed by atoms with Crippen molar-refractivity contribution in [1.29, 1.82) is 0 Å². The monoisotopic (exact) mass is 554 g/mol. The van der Waals surface area contributed by atoms with E-state index in [1.54, 1.807) is 26.4 Å². The van der Waals surface area contributed by atoms with Gasteiger partial charge in [0.15, 0.2) is 11.5 Å². The number of nitrogens with zero attached hydrogens (tertiary/aromatic N) is 2. The number of carbonyl (C=O) groups excluding carboxylic acids is 1. The van der Waals surface area contributed by atoms with Crippen LogP contribution < -0.4 is 20.1 Å². The molecule has 200 valence electrons. The minimum atomic E-state index is -0.278. The van der Waals surface area contributed by atoms with E-state index in [1.807, 2.05) is 12.1 Å². The third-order valence-corrected chi connectivity index (χ3v) is 8.30. The summed E-state index contributed by atoms with van der Waals surface area (Å²) in [6, 6.07) is 20.0. The lowest BCUT2D eigenvalue weighted by Crippen LogP contribution is -2.52. The van der Waals surface area contributed by atoms with Crippen LogP contribution in [0.15, 0.2) is 60.7 Å². The number of nitrogens with one attached hydrogen (secondary N) is 2. The lowest BCUT2D eigenvalue weighted by atomic mass is 9.65. The molecular formula is C29H32Cl2N4O3. The highest BCUT2D eigenvalue weighted by Gasteiger charge is 2.51. The molecule has 1 aliphatic carbocycles. The first-order valence-corrected chi connectivity index (χ1v) is 13.6. The standard InChI is InChI=1S/C29H32Cl2N4O3/c1-37-23-9-8-20(14-24(23)38-2)29-11-10-21(32-28(36)33-22-16-26(30)34-27(31)17-22)15-25(29)35(13-12-29)18-19-6-4-3-5-7-19/h3-9,14,16-17,21,25H,10-13,15,18H2,1-2H3,(H2,32,33,34,36)/t21-,25+,29-/m0/s1. The van der Waals surface area contributed by atoms with Crippen molar-refractivity contribution in [2.45, 2.75) is 49.7 Å². The number of hydrogen-bond acceptors (Lipinski definition) is 5. The van der Waals surface area contributed by atoms with E-state index in [4.69, 9.17) is 32.7 Å². The smallest absolute Gasteiger partial charge is 0.319 e. The van der Waals surface area contributed by atoms with Gasteiger partial charge in [-0.2, -0.15) is 0 Å². The number of hydrogen-bond donors (Lipinski definition) is 2. The van der Waals surface area contributed by atoms with Crippen molar-refractivity contribution in [1.82, 2.24) is 15.2 Å². The van der Waals surface area contributed by atoms with Gasteiger partial charge in [-0.25, -0.2) is 9.78 Å². The molecule has 3 aromatic rings. The average molecular weight is 556 g/mol. The van der Waals surface area contributed by atoms with Gasteiger partial charge in [0.1, 0.15) is 10.3 Å². The fourth-order valence-electron chi connectivity index (χ4n) is 6.16. The van der Waals surface area contributed by atoms with Crippen LogP contribution in [0.1, 0.15) is 36.8 Å². The van der Waals surface area contributed by atoms with Crippen LogP contribution in [0.2, 0.25) is 10.3 Å². The van der Waals surface area contributed by atoms with Gasteiger partial charge >= 0.3 is 6.03 Å². The molecule has 38 heavy (non-hydrogen) atoms. The highest BCUT2D eigenvalue weighted by Crippen LogP contribution is 2.50. The Labute approximate surface area is 233 Å². The van der Waals surface area contributed by atoms with Crippen molar-refractivity contribution >= 4 is 34.9 Å². The number of urea groups is 1. The van der Waals surface area contributed by atoms with E-state index in [-0.39, 0.29) is 33.8 Å². The van der Waals surface area contributed by atoms with Gasteiger partial charge in [-0.1, -0.05) is 59.6 Å². The molecule has 0 unspecified atom stereocenters. The second-order valence-electron chi connectivity index (χ2n) is 10.0. The van der Waals surface area contributed by atoms with E-state index >= 15 is 0 Å². The number of benzene rings is 2. The van der Waals surface area contributed by atoms with Crippen LogP contribution in [0, 0.1) is 0 Å². The van der Waals surface area contributed by atoms with Gasteiger partial charge in [-0.3, -0.25) is 4.90 Å². The third kappa shape index (κ3) is 5.55. The molecule has 3 atom stereocenters. The summed E-state index contributed by atoms with van der Waals surface area (Å²) in [5.74, 6) is 1.47. The molecule has 1 aliphatic heterocycles. The Morgan fingerprint density at radius 1 is 1.03 bits per heavy atom. The van der Waals surface area contributed by atoms with Gasteiger partial charge in [0, 0.05) is 29.7 Å². The quantitative estimate of drug-likeness (QED) is 0.335. The van der Waals surface area contributed by atoms with E-state index in [1.165, 1.54) is 11.1 Å². The molecule has 2 amide bonds. The van der Waals surface area contributed by atoms with E-state index in [0.29, 0.717) is 5.69 Å². The summed E-state index contributed by atoms with van der Waals surface area (Å²) < 4.78 is 11.2. The Bertz CT molecular complexity index is 1270. The molecule has 0 radical (unpaired) electrons. The van der Waals surface area contributed by atoms with Crippen LogP contribution in [0.25, 0.3) is 0 Å². The first-order valence-electron chi connectivity index (χ1n) is 12.8. The zero-order valence-electron chi connectivity index (χ0n) is 21.5. The molecule has 0 spiro atoms. The number of halogens is 2. The molecule has 7 nitrogen and oxygen atoms in total. The number of likely N-dealkylation sites (tertiary alicyclic amines) is 1. The molecule has 2 fully saturated rings. The topological polar surface area (TPSA) is 75.7 Å². The van der Waals surface area contributed by atoms with E-state index < -0.39 is 0 Å². The average Bonchev–Trinajstić information content (AvgIpc) is 3.26. The Hall–Kier alpha value is -3.00. The van der Waals surface area contributed by atoms with Crippen LogP contribution in [-0.4, -0.2) is 48.8 Å². The van der Waals surface area contributed by atoms with Crippen LogP contribution in [0.3, 0.4) is 0 Å². The first kappa shape index (κ1) is 26.6. The summed E-state index contributed by atoms with van der Waals surface area (Å²) in [6.45, 7) is 1.86. The molecular weight excluding hydrogens is 523 g/mol. The maximum absolute atomic E-state index is 12.9. The van der Waals surface area contributed by atoms with Gasteiger partial charge in [-0.05, 0) is 67.6 Å². The van der Waals surface area contributed by atoms with Crippen LogP contribution in [0.5, 0.6) is 11.5 Å². The number of anilines is 1. The molecule has 2 N–H and O–H groups in total. The summed E-state index contributed by atoms with van der Waals surface area (Å²) in [4.78, 5) is 19.4. The molecule has 5 rings (SSSR count). The summed E-state index contributed by atoms with van der Waals surface area (Å²) in [7, 11) is 3.33. The largest absolute Gasteiger partial charge is 0.493 e. The van der Waals surface area contributed by atoms with Crippen LogP contribution >= 0.6 is 23.2 Å². The van der Waals surface area contributed by atoms with Crippen molar-refractivity contribution in [2.75, 3.05) is 26.1 Å². The van der Waals surface area contributed by atoms with Crippen molar-refractivity contribution in [3.05, 3.63) is 82.1 Å². The number of rotatable bonds is 7. The van der Waals surface area contributed by atoms with E-state index in [9.17, 15) is 4.79 Å². The molecule has 9 heteroatoms. The molecule has 0 bridgehead atoms.